The quantitative estimate of drug-likeness (QED) is 0.790. The van der Waals surface area contributed by atoms with E-state index in [1.54, 1.807) is 7.11 Å². The molecule has 94 valence electrons. The highest BCUT2D eigenvalue weighted by atomic mass is 79.9. The summed E-state index contributed by atoms with van der Waals surface area (Å²) in [6.45, 7) is 4.28. The number of morpholine rings is 1. The Kier molecular flexibility index (Phi) is 4.17. The van der Waals surface area contributed by atoms with Gasteiger partial charge in [0.05, 0.1) is 19.8 Å². The number of aromatic nitrogens is 2. The van der Waals surface area contributed by atoms with Crippen molar-refractivity contribution in [3.63, 3.8) is 0 Å². The second kappa shape index (κ2) is 5.64. The molecule has 0 amide bonds. The van der Waals surface area contributed by atoms with Gasteiger partial charge in [-0.1, -0.05) is 15.9 Å². The van der Waals surface area contributed by atoms with Gasteiger partial charge in [0.15, 0.2) is 0 Å². The molecule has 0 N–H and O–H groups in total. The zero-order valence-corrected chi connectivity index (χ0v) is 11.6. The van der Waals surface area contributed by atoms with Gasteiger partial charge < -0.3 is 14.4 Å². The minimum atomic E-state index is 0.213. The summed E-state index contributed by atoms with van der Waals surface area (Å²) in [4.78, 5) is 10.8. The Morgan fingerprint density at radius 3 is 3.12 bits per heavy atom. The molecule has 1 aliphatic heterocycles. The Hall–Kier alpha value is -0.880. The number of nitrogens with zero attached hydrogens (tertiary/aromatic N) is 3. The van der Waals surface area contributed by atoms with Gasteiger partial charge in [-0.15, -0.1) is 0 Å². The highest BCUT2D eigenvalue weighted by Crippen LogP contribution is 2.20. The van der Waals surface area contributed by atoms with Crippen LogP contribution in [-0.2, 0) is 4.74 Å². The first kappa shape index (κ1) is 12.6. The minimum absolute atomic E-state index is 0.213. The van der Waals surface area contributed by atoms with Crippen molar-refractivity contribution in [3.05, 3.63) is 11.9 Å². The van der Waals surface area contributed by atoms with Crippen LogP contribution in [0, 0.1) is 6.92 Å². The Morgan fingerprint density at radius 2 is 2.41 bits per heavy atom. The number of halogens is 1. The van der Waals surface area contributed by atoms with Gasteiger partial charge in [0.1, 0.15) is 11.6 Å². The molecule has 1 unspecified atom stereocenters. The fourth-order valence-corrected chi connectivity index (χ4v) is 2.20. The average molecular weight is 302 g/mol. The first-order valence-electron chi connectivity index (χ1n) is 5.55. The van der Waals surface area contributed by atoms with Gasteiger partial charge in [0.25, 0.3) is 0 Å². The minimum Gasteiger partial charge on any atom is -0.481 e. The molecule has 2 heterocycles. The van der Waals surface area contributed by atoms with E-state index < -0.39 is 0 Å². The van der Waals surface area contributed by atoms with Crippen LogP contribution >= 0.6 is 15.9 Å². The summed E-state index contributed by atoms with van der Waals surface area (Å²) in [6.07, 6.45) is 0.213. The van der Waals surface area contributed by atoms with Crippen LogP contribution in [0.15, 0.2) is 6.07 Å². The molecular weight excluding hydrogens is 286 g/mol. The van der Waals surface area contributed by atoms with E-state index in [1.807, 2.05) is 13.0 Å². The SMILES string of the molecule is COc1cc(N2CCOC(CBr)C2)nc(C)n1. The number of rotatable bonds is 3. The van der Waals surface area contributed by atoms with Gasteiger partial charge >= 0.3 is 0 Å². The van der Waals surface area contributed by atoms with Crippen molar-refractivity contribution in [2.24, 2.45) is 0 Å². The molecule has 1 aromatic rings. The molecule has 1 saturated heterocycles. The topological polar surface area (TPSA) is 47.5 Å². The largest absolute Gasteiger partial charge is 0.481 e. The molecule has 0 aliphatic carbocycles. The summed E-state index contributed by atoms with van der Waals surface area (Å²) in [5.74, 6) is 2.24. The third kappa shape index (κ3) is 3.07. The molecular formula is C11H16BrN3O2. The van der Waals surface area contributed by atoms with Gasteiger partial charge in [-0.3, -0.25) is 0 Å². The van der Waals surface area contributed by atoms with E-state index in [9.17, 15) is 0 Å². The third-order valence-corrected chi connectivity index (χ3v) is 3.37. The van der Waals surface area contributed by atoms with Crippen LogP contribution in [0.5, 0.6) is 5.88 Å². The molecule has 0 saturated carbocycles. The molecule has 1 aliphatic rings. The van der Waals surface area contributed by atoms with Gasteiger partial charge in [-0.25, -0.2) is 4.98 Å². The lowest BCUT2D eigenvalue weighted by Gasteiger charge is -2.33. The highest BCUT2D eigenvalue weighted by molar-refractivity contribution is 9.09. The van der Waals surface area contributed by atoms with Gasteiger partial charge in [0.2, 0.25) is 5.88 Å². The number of hydrogen-bond donors (Lipinski definition) is 0. The van der Waals surface area contributed by atoms with Crippen LogP contribution in [0.3, 0.4) is 0 Å². The first-order valence-corrected chi connectivity index (χ1v) is 6.67. The Morgan fingerprint density at radius 1 is 1.59 bits per heavy atom. The molecule has 1 aromatic heterocycles. The van der Waals surface area contributed by atoms with E-state index in [0.29, 0.717) is 5.88 Å². The zero-order chi connectivity index (χ0) is 12.3. The Bertz CT molecular complexity index is 389. The smallest absolute Gasteiger partial charge is 0.218 e. The third-order valence-electron chi connectivity index (χ3n) is 2.64. The molecule has 0 aromatic carbocycles. The van der Waals surface area contributed by atoms with Gasteiger partial charge in [-0.05, 0) is 6.92 Å². The maximum Gasteiger partial charge on any atom is 0.218 e. The number of hydrogen-bond acceptors (Lipinski definition) is 5. The molecule has 1 atom stereocenters. The molecule has 0 spiro atoms. The van der Waals surface area contributed by atoms with Crippen LogP contribution in [0.4, 0.5) is 5.82 Å². The zero-order valence-electron chi connectivity index (χ0n) is 10.0. The van der Waals surface area contributed by atoms with E-state index in [1.165, 1.54) is 0 Å². The molecule has 5 nitrogen and oxygen atoms in total. The molecule has 0 radical (unpaired) electrons. The second-order valence-electron chi connectivity index (χ2n) is 3.91. The van der Waals surface area contributed by atoms with Crippen LogP contribution in [0.25, 0.3) is 0 Å². The summed E-state index contributed by atoms with van der Waals surface area (Å²) in [7, 11) is 1.62. The standard InChI is InChI=1S/C11H16BrN3O2/c1-8-13-10(5-11(14-8)16-2)15-3-4-17-9(6-12)7-15/h5,9H,3-4,6-7H2,1-2H3. The van der Waals surface area contributed by atoms with Crippen molar-refractivity contribution >= 4 is 21.7 Å². The molecule has 1 fully saturated rings. The first-order chi connectivity index (χ1) is 8.22. The van der Waals surface area contributed by atoms with Crippen molar-refractivity contribution in [2.45, 2.75) is 13.0 Å². The fourth-order valence-electron chi connectivity index (χ4n) is 1.81. The molecule has 0 bridgehead atoms. The van der Waals surface area contributed by atoms with Gasteiger partial charge in [0, 0.05) is 24.5 Å². The van der Waals surface area contributed by atoms with Crippen LogP contribution < -0.4 is 9.64 Å². The number of alkyl halides is 1. The van der Waals surface area contributed by atoms with Crippen molar-refractivity contribution in [2.75, 3.05) is 37.0 Å². The highest BCUT2D eigenvalue weighted by Gasteiger charge is 2.21. The lowest BCUT2D eigenvalue weighted by molar-refractivity contribution is 0.0567. The fraction of sp³-hybridized carbons (Fsp3) is 0.636. The predicted octanol–water partition coefficient (Wildman–Crippen LogP) is 1.39. The van der Waals surface area contributed by atoms with E-state index in [4.69, 9.17) is 9.47 Å². The number of anilines is 1. The summed E-state index contributed by atoms with van der Waals surface area (Å²) in [5, 5.41) is 0.838. The van der Waals surface area contributed by atoms with Crippen molar-refractivity contribution in [3.8, 4) is 5.88 Å². The summed E-state index contributed by atoms with van der Waals surface area (Å²) < 4.78 is 10.8. The normalized spacial score (nSPS) is 20.4. The lowest BCUT2D eigenvalue weighted by atomic mass is 10.3. The monoisotopic (exact) mass is 301 g/mol. The number of ether oxygens (including phenoxy) is 2. The van der Waals surface area contributed by atoms with Crippen LogP contribution in [0.2, 0.25) is 0 Å². The number of methoxy groups -OCH3 is 1. The molecule has 6 heteroatoms. The second-order valence-corrected chi connectivity index (χ2v) is 4.56. The van der Waals surface area contributed by atoms with Crippen LogP contribution in [-0.4, -0.2) is 48.2 Å². The van der Waals surface area contributed by atoms with Gasteiger partial charge in [-0.2, -0.15) is 4.98 Å². The van der Waals surface area contributed by atoms with Crippen molar-refractivity contribution in [1.29, 1.82) is 0 Å². The Labute approximate surface area is 109 Å². The Balaban J connectivity index is 2.18. The average Bonchev–Trinajstić information content (AvgIpc) is 2.38. The summed E-state index contributed by atoms with van der Waals surface area (Å²) in [6, 6.07) is 1.86. The lowest BCUT2D eigenvalue weighted by Crippen LogP contribution is -2.43. The van der Waals surface area contributed by atoms with E-state index in [-0.39, 0.29) is 6.10 Å². The van der Waals surface area contributed by atoms with Crippen LogP contribution in [0.1, 0.15) is 5.82 Å². The summed E-state index contributed by atoms with van der Waals surface area (Å²) >= 11 is 3.44. The number of aryl methyl sites for hydroxylation is 1. The maximum atomic E-state index is 5.60. The predicted molar refractivity (Wildman–Crippen MR) is 69.1 cm³/mol. The van der Waals surface area contributed by atoms with E-state index in [0.717, 1.165) is 36.7 Å². The maximum absolute atomic E-state index is 5.60. The van der Waals surface area contributed by atoms with Crippen molar-refractivity contribution in [1.82, 2.24) is 9.97 Å². The van der Waals surface area contributed by atoms with E-state index in [2.05, 4.69) is 30.8 Å². The molecule has 17 heavy (non-hydrogen) atoms. The summed E-state index contributed by atoms with van der Waals surface area (Å²) in [5.41, 5.74) is 0. The molecule has 2 rings (SSSR count). The van der Waals surface area contributed by atoms with Crippen molar-refractivity contribution < 1.29 is 9.47 Å². The van der Waals surface area contributed by atoms with E-state index >= 15 is 0 Å².